The second-order valence-electron chi connectivity index (χ2n) is 7.81. The summed E-state index contributed by atoms with van der Waals surface area (Å²) in [4.78, 5) is 17.8. The highest BCUT2D eigenvalue weighted by Crippen LogP contribution is 2.31. The summed E-state index contributed by atoms with van der Waals surface area (Å²) in [5.41, 5.74) is 3.27. The van der Waals surface area contributed by atoms with E-state index in [0.717, 1.165) is 22.4 Å². The summed E-state index contributed by atoms with van der Waals surface area (Å²) in [6, 6.07) is 22.3. The Kier molecular flexibility index (Phi) is 6.30. The van der Waals surface area contributed by atoms with E-state index in [1.165, 1.54) is 0 Å². The highest BCUT2D eigenvalue weighted by molar-refractivity contribution is 6.36. The van der Waals surface area contributed by atoms with Crippen molar-refractivity contribution >= 4 is 40.1 Å². The second-order valence-corrected chi connectivity index (χ2v) is 8.62. The molecule has 4 nitrogen and oxygen atoms in total. The van der Waals surface area contributed by atoms with Gasteiger partial charge in [-0.25, -0.2) is 4.98 Å². The maximum Gasteiger partial charge on any atom is 0.251 e. The molecule has 3 aromatic carbocycles. The van der Waals surface area contributed by atoms with Crippen LogP contribution in [0.1, 0.15) is 41.6 Å². The number of imidazole rings is 1. The number of carbonyl (C=O) groups excluding carboxylic acids is 1. The monoisotopic (exact) mass is 451 g/mol. The predicted molar refractivity (Wildman–Crippen MR) is 127 cm³/mol. The molecule has 6 heteroatoms. The topological polar surface area (TPSA) is 46.9 Å². The van der Waals surface area contributed by atoms with Crippen LogP contribution in [0, 0.1) is 5.92 Å². The number of amides is 1. The molecule has 0 aliphatic rings. The van der Waals surface area contributed by atoms with Gasteiger partial charge in [0.2, 0.25) is 0 Å². The van der Waals surface area contributed by atoms with Gasteiger partial charge in [-0.3, -0.25) is 4.79 Å². The van der Waals surface area contributed by atoms with Crippen LogP contribution >= 0.6 is 23.2 Å². The van der Waals surface area contributed by atoms with E-state index in [0.29, 0.717) is 22.2 Å². The largest absolute Gasteiger partial charge is 0.342 e. The van der Waals surface area contributed by atoms with Gasteiger partial charge in [0, 0.05) is 21.2 Å². The minimum atomic E-state index is -0.290. The van der Waals surface area contributed by atoms with Gasteiger partial charge in [0.05, 0.1) is 23.6 Å². The number of aromatic nitrogens is 2. The molecule has 4 aromatic rings. The van der Waals surface area contributed by atoms with E-state index in [4.69, 9.17) is 28.2 Å². The number of fused-ring (bicyclic) bond motifs is 1. The van der Waals surface area contributed by atoms with Gasteiger partial charge < -0.3 is 9.88 Å². The average molecular weight is 452 g/mol. The molecule has 31 heavy (non-hydrogen) atoms. The van der Waals surface area contributed by atoms with E-state index < -0.39 is 0 Å². The SMILES string of the molecule is CC(C)[C@@H](NC(=O)c1ccccc1)c1nc2ccccc2n1Cc1c(Cl)cccc1Cl. The number of para-hydroxylation sites is 2. The van der Waals surface area contributed by atoms with Crippen molar-refractivity contribution in [2.75, 3.05) is 0 Å². The van der Waals surface area contributed by atoms with E-state index in [9.17, 15) is 4.79 Å². The number of benzene rings is 3. The van der Waals surface area contributed by atoms with Gasteiger partial charge in [-0.2, -0.15) is 0 Å². The number of carbonyl (C=O) groups is 1. The Morgan fingerprint density at radius 3 is 2.26 bits per heavy atom. The van der Waals surface area contributed by atoms with Crippen LogP contribution in [0.15, 0.2) is 72.8 Å². The van der Waals surface area contributed by atoms with E-state index in [1.807, 2.05) is 60.7 Å². The van der Waals surface area contributed by atoms with Crippen LogP contribution in [-0.2, 0) is 6.54 Å². The highest BCUT2D eigenvalue weighted by Gasteiger charge is 2.26. The Morgan fingerprint density at radius 2 is 1.58 bits per heavy atom. The maximum atomic E-state index is 12.9. The molecule has 0 aliphatic carbocycles. The van der Waals surface area contributed by atoms with Crippen LogP contribution in [0.3, 0.4) is 0 Å². The summed E-state index contributed by atoms with van der Waals surface area (Å²) in [6.45, 7) is 4.60. The van der Waals surface area contributed by atoms with Crippen molar-refractivity contribution in [2.45, 2.75) is 26.4 Å². The fourth-order valence-electron chi connectivity index (χ4n) is 3.68. The lowest BCUT2D eigenvalue weighted by molar-refractivity contribution is 0.0922. The van der Waals surface area contributed by atoms with E-state index in [2.05, 4.69) is 23.7 Å². The molecule has 0 unspecified atom stereocenters. The quantitative estimate of drug-likeness (QED) is 0.362. The van der Waals surface area contributed by atoms with Crippen LogP contribution < -0.4 is 5.32 Å². The third-order valence-corrected chi connectivity index (χ3v) is 6.04. The number of hydrogen-bond donors (Lipinski definition) is 1. The fraction of sp³-hybridized carbons (Fsp3) is 0.200. The molecule has 0 saturated heterocycles. The second kappa shape index (κ2) is 9.13. The van der Waals surface area contributed by atoms with Crippen LogP contribution in [0.5, 0.6) is 0 Å². The summed E-state index contributed by atoms with van der Waals surface area (Å²) >= 11 is 12.9. The number of nitrogens with one attached hydrogen (secondary N) is 1. The summed E-state index contributed by atoms with van der Waals surface area (Å²) in [5, 5.41) is 4.38. The number of rotatable bonds is 6. The van der Waals surface area contributed by atoms with Crippen molar-refractivity contribution in [1.29, 1.82) is 0 Å². The first-order valence-electron chi connectivity index (χ1n) is 10.2. The lowest BCUT2D eigenvalue weighted by atomic mass is 10.0. The van der Waals surface area contributed by atoms with Gasteiger partial charge in [-0.15, -0.1) is 0 Å². The van der Waals surface area contributed by atoms with Crippen molar-refractivity contribution in [1.82, 2.24) is 14.9 Å². The summed E-state index contributed by atoms with van der Waals surface area (Å²) in [6.07, 6.45) is 0. The molecule has 1 amide bonds. The van der Waals surface area contributed by atoms with Crippen molar-refractivity contribution in [3.63, 3.8) is 0 Å². The highest BCUT2D eigenvalue weighted by atomic mass is 35.5. The molecule has 158 valence electrons. The average Bonchev–Trinajstić information content (AvgIpc) is 3.13. The molecule has 0 aliphatic heterocycles. The molecule has 0 fully saturated rings. The van der Waals surface area contributed by atoms with Crippen molar-refractivity contribution in [3.05, 3.63) is 99.8 Å². The smallest absolute Gasteiger partial charge is 0.251 e. The van der Waals surface area contributed by atoms with E-state index in [1.54, 1.807) is 12.1 Å². The Hall–Kier alpha value is -2.82. The molecule has 0 bridgehead atoms. The van der Waals surface area contributed by atoms with E-state index >= 15 is 0 Å². The summed E-state index contributed by atoms with van der Waals surface area (Å²) in [7, 11) is 0. The van der Waals surface area contributed by atoms with Crippen molar-refractivity contribution < 1.29 is 4.79 Å². The Morgan fingerprint density at radius 1 is 0.935 bits per heavy atom. The summed E-state index contributed by atoms with van der Waals surface area (Å²) < 4.78 is 2.10. The van der Waals surface area contributed by atoms with Gasteiger partial charge in [-0.05, 0) is 42.3 Å². The Labute approximate surface area is 191 Å². The standard InChI is InChI=1S/C25H23Cl2N3O/c1-16(2)23(29-25(31)17-9-4-3-5-10-17)24-28-21-13-6-7-14-22(21)30(24)15-18-19(26)11-8-12-20(18)27/h3-14,16,23H,15H2,1-2H3,(H,29,31)/t23-/m1/s1. The minimum absolute atomic E-state index is 0.116. The first-order chi connectivity index (χ1) is 15.0. The van der Waals surface area contributed by atoms with Gasteiger partial charge >= 0.3 is 0 Å². The molecule has 0 saturated carbocycles. The molecule has 1 aromatic heterocycles. The van der Waals surface area contributed by atoms with Crippen molar-refractivity contribution in [2.24, 2.45) is 5.92 Å². The first kappa shape index (κ1) is 21.4. The maximum absolute atomic E-state index is 12.9. The zero-order chi connectivity index (χ0) is 22.0. The fourth-order valence-corrected chi connectivity index (χ4v) is 4.20. The first-order valence-corrected chi connectivity index (χ1v) is 10.9. The molecule has 4 rings (SSSR count). The molecule has 0 spiro atoms. The molecule has 0 radical (unpaired) electrons. The van der Waals surface area contributed by atoms with Crippen LogP contribution in [0.4, 0.5) is 0 Å². The zero-order valence-electron chi connectivity index (χ0n) is 17.3. The molecule has 1 atom stereocenters. The van der Waals surface area contributed by atoms with Gasteiger partial charge in [0.25, 0.3) is 5.91 Å². The molecule has 1 heterocycles. The van der Waals surface area contributed by atoms with Crippen LogP contribution in [-0.4, -0.2) is 15.5 Å². The number of nitrogens with zero attached hydrogens (tertiary/aromatic N) is 2. The van der Waals surface area contributed by atoms with Crippen LogP contribution in [0.2, 0.25) is 10.0 Å². The third-order valence-electron chi connectivity index (χ3n) is 5.33. The third kappa shape index (κ3) is 4.46. The lowest BCUT2D eigenvalue weighted by Gasteiger charge is -2.24. The Balaban J connectivity index is 1.79. The Bertz CT molecular complexity index is 1200. The normalized spacial score (nSPS) is 12.3. The molecular weight excluding hydrogens is 429 g/mol. The molecule has 1 N–H and O–H groups in total. The number of halogens is 2. The van der Waals surface area contributed by atoms with Gasteiger partial charge in [0.1, 0.15) is 5.82 Å². The molecular formula is C25H23Cl2N3O. The van der Waals surface area contributed by atoms with Crippen LogP contribution in [0.25, 0.3) is 11.0 Å². The minimum Gasteiger partial charge on any atom is -0.342 e. The number of hydrogen-bond acceptors (Lipinski definition) is 2. The van der Waals surface area contributed by atoms with Crippen molar-refractivity contribution in [3.8, 4) is 0 Å². The van der Waals surface area contributed by atoms with E-state index in [-0.39, 0.29) is 17.9 Å². The predicted octanol–water partition coefficient (Wildman–Crippen LogP) is 6.52. The van der Waals surface area contributed by atoms with Gasteiger partial charge in [-0.1, -0.05) is 73.4 Å². The zero-order valence-corrected chi connectivity index (χ0v) is 18.9. The lowest BCUT2D eigenvalue weighted by Crippen LogP contribution is -2.33. The van der Waals surface area contributed by atoms with Gasteiger partial charge in [0.15, 0.2) is 0 Å². The summed E-state index contributed by atoms with van der Waals surface area (Å²) in [5.74, 6) is 0.759.